The van der Waals surface area contributed by atoms with Crippen LogP contribution in [0.3, 0.4) is 0 Å². The van der Waals surface area contributed by atoms with E-state index in [0.29, 0.717) is 17.9 Å². The second kappa shape index (κ2) is 10.4. The smallest absolute Gasteiger partial charge is 0.258 e. The standard InChI is InChI=1S/C26H39NO4/c1-2-3-4-7-20(28)11-12-21-22-13-17-6-5-8-25(23(17)14-18(22)15-24(21)29)31-16-26(30)27-19-9-10-19/h5-6,8,18-22,24,28-29H,2-4,7,9-16H2,1H3,(H,27,30)/t18-,20-,21+,22-,24+/m0/s1. The van der Waals surface area contributed by atoms with Crippen LogP contribution in [0.5, 0.6) is 5.75 Å². The molecule has 0 bridgehead atoms. The lowest BCUT2D eigenvalue weighted by Crippen LogP contribution is -2.31. The van der Waals surface area contributed by atoms with Gasteiger partial charge in [0.2, 0.25) is 0 Å². The average Bonchev–Trinajstić information content (AvgIpc) is 3.51. The second-order valence-corrected chi connectivity index (χ2v) is 10.1. The zero-order valence-corrected chi connectivity index (χ0v) is 18.9. The molecule has 2 saturated carbocycles. The first-order chi connectivity index (χ1) is 15.0. The van der Waals surface area contributed by atoms with E-state index in [0.717, 1.165) is 63.5 Å². The van der Waals surface area contributed by atoms with Crippen LogP contribution in [0.1, 0.15) is 75.8 Å². The highest BCUT2D eigenvalue weighted by atomic mass is 16.5. The van der Waals surface area contributed by atoms with Crippen LogP contribution in [0, 0.1) is 17.8 Å². The summed E-state index contributed by atoms with van der Waals surface area (Å²) in [5.41, 5.74) is 2.51. The Kier molecular flexibility index (Phi) is 7.55. The Morgan fingerprint density at radius 3 is 2.84 bits per heavy atom. The van der Waals surface area contributed by atoms with Crippen LogP contribution in [0.2, 0.25) is 0 Å². The van der Waals surface area contributed by atoms with Gasteiger partial charge in [-0.25, -0.2) is 0 Å². The van der Waals surface area contributed by atoms with Crippen LogP contribution in [-0.4, -0.2) is 41.0 Å². The summed E-state index contributed by atoms with van der Waals surface area (Å²) in [5, 5.41) is 24.1. The van der Waals surface area contributed by atoms with Gasteiger partial charge in [-0.1, -0.05) is 38.3 Å². The van der Waals surface area contributed by atoms with Crippen LogP contribution in [0.15, 0.2) is 18.2 Å². The molecule has 1 amide bonds. The monoisotopic (exact) mass is 429 g/mol. The van der Waals surface area contributed by atoms with Gasteiger partial charge < -0.3 is 20.3 Å². The maximum atomic E-state index is 12.0. The lowest BCUT2D eigenvalue weighted by Gasteiger charge is -2.32. The number of aliphatic hydroxyl groups is 2. The van der Waals surface area contributed by atoms with Crippen LogP contribution in [-0.2, 0) is 17.6 Å². The van der Waals surface area contributed by atoms with Crippen molar-refractivity contribution < 1.29 is 19.7 Å². The third-order valence-electron chi connectivity index (χ3n) is 7.62. The number of fused-ring (bicyclic) bond motifs is 2. The fourth-order valence-corrected chi connectivity index (χ4v) is 5.74. The predicted molar refractivity (Wildman–Crippen MR) is 121 cm³/mol. The number of aliphatic hydroxyl groups excluding tert-OH is 2. The molecule has 0 spiro atoms. The molecule has 0 saturated heterocycles. The second-order valence-electron chi connectivity index (χ2n) is 10.1. The summed E-state index contributed by atoms with van der Waals surface area (Å²) in [6.45, 7) is 2.25. The maximum absolute atomic E-state index is 12.0. The third kappa shape index (κ3) is 5.81. The van der Waals surface area contributed by atoms with Crippen molar-refractivity contribution in [2.75, 3.05) is 6.61 Å². The fourth-order valence-electron chi connectivity index (χ4n) is 5.74. The quantitative estimate of drug-likeness (QED) is 0.468. The number of benzene rings is 1. The molecule has 0 aliphatic heterocycles. The Labute approximate surface area is 186 Å². The lowest BCUT2D eigenvalue weighted by atomic mass is 9.73. The zero-order chi connectivity index (χ0) is 21.8. The summed E-state index contributed by atoms with van der Waals surface area (Å²) in [7, 11) is 0. The van der Waals surface area contributed by atoms with E-state index >= 15 is 0 Å². The molecule has 4 rings (SSSR count). The number of hydrogen-bond acceptors (Lipinski definition) is 4. The van der Waals surface area contributed by atoms with Gasteiger partial charge in [0.15, 0.2) is 6.61 Å². The van der Waals surface area contributed by atoms with Gasteiger partial charge in [0.1, 0.15) is 5.75 Å². The van der Waals surface area contributed by atoms with E-state index in [1.54, 1.807) is 0 Å². The molecule has 0 aromatic heterocycles. The van der Waals surface area contributed by atoms with E-state index in [4.69, 9.17) is 4.74 Å². The summed E-state index contributed by atoms with van der Waals surface area (Å²) in [5.74, 6) is 1.98. The van der Waals surface area contributed by atoms with Crippen LogP contribution >= 0.6 is 0 Å². The van der Waals surface area contributed by atoms with Gasteiger partial charge >= 0.3 is 0 Å². The molecule has 2 fully saturated rings. The van der Waals surface area contributed by atoms with E-state index in [-0.39, 0.29) is 30.6 Å². The van der Waals surface area contributed by atoms with E-state index in [2.05, 4.69) is 18.3 Å². The number of nitrogens with one attached hydrogen (secondary N) is 1. The Morgan fingerprint density at radius 2 is 2.06 bits per heavy atom. The van der Waals surface area contributed by atoms with Crippen molar-refractivity contribution in [3.63, 3.8) is 0 Å². The average molecular weight is 430 g/mol. The van der Waals surface area contributed by atoms with E-state index in [1.165, 1.54) is 24.0 Å². The topological polar surface area (TPSA) is 78.8 Å². The normalized spacial score (nSPS) is 28.0. The Balaban J connectivity index is 1.34. The van der Waals surface area contributed by atoms with Gasteiger partial charge in [0.25, 0.3) is 5.91 Å². The minimum atomic E-state index is -0.277. The van der Waals surface area contributed by atoms with Gasteiger partial charge in [0.05, 0.1) is 12.2 Å². The number of amides is 1. The number of unbranched alkanes of at least 4 members (excludes halogenated alkanes) is 2. The summed E-state index contributed by atoms with van der Waals surface area (Å²) < 4.78 is 5.92. The molecule has 1 aromatic carbocycles. The van der Waals surface area contributed by atoms with Gasteiger partial charge in [-0.05, 0) is 86.3 Å². The Hall–Kier alpha value is -1.59. The molecule has 1 aromatic rings. The largest absolute Gasteiger partial charge is 0.483 e. The highest BCUT2D eigenvalue weighted by Crippen LogP contribution is 2.48. The summed E-state index contributed by atoms with van der Waals surface area (Å²) >= 11 is 0. The molecule has 31 heavy (non-hydrogen) atoms. The maximum Gasteiger partial charge on any atom is 0.258 e. The van der Waals surface area contributed by atoms with Crippen molar-refractivity contribution in [2.24, 2.45) is 17.8 Å². The molecule has 0 heterocycles. The van der Waals surface area contributed by atoms with Crippen LogP contribution in [0.4, 0.5) is 0 Å². The highest BCUT2D eigenvalue weighted by Gasteiger charge is 2.44. The first-order valence-corrected chi connectivity index (χ1v) is 12.4. The van der Waals surface area contributed by atoms with Crippen molar-refractivity contribution in [3.05, 3.63) is 29.3 Å². The molecule has 0 unspecified atom stereocenters. The molecular formula is C26H39NO4. The van der Waals surface area contributed by atoms with Crippen molar-refractivity contribution in [2.45, 2.75) is 95.8 Å². The predicted octanol–water partition coefficient (Wildman–Crippen LogP) is 3.78. The number of ether oxygens (including phenoxy) is 1. The summed E-state index contributed by atoms with van der Waals surface area (Å²) in [6.07, 6.45) is 10.4. The SMILES string of the molecule is CCCCC[C@H](O)CC[C@@H]1[C@H]2Cc3cccc(OCC(=O)NC4CC4)c3C[C@H]2C[C@H]1O. The number of hydrogen-bond donors (Lipinski definition) is 3. The number of rotatable bonds is 11. The van der Waals surface area contributed by atoms with Gasteiger partial charge in [-0.2, -0.15) is 0 Å². The molecule has 172 valence electrons. The van der Waals surface area contributed by atoms with Crippen molar-refractivity contribution in [1.82, 2.24) is 5.32 Å². The van der Waals surface area contributed by atoms with Crippen molar-refractivity contribution >= 4 is 5.91 Å². The van der Waals surface area contributed by atoms with Crippen LogP contribution in [0.25, 0.3) is 0 Å². The van der Waals surface area contributed by atoms with Crippen LogP contribution < -0.4 is 10.1 Å². The van der Waals surface area contributed by atoms with E-state index < -0.39 is 0 Å². The van der Waals surface area contributed by atoms with Gasteiger partial charge in [-0.3, -0.25) is 4.79 Å². The van der Waals surface area contributed by atoms with Gasteiger partial charge in [-0.15, -0.1) is 0 Å². The van der Waals surface area contributed by atoms with Gasteiger partial charge in [0, 0.05) is 6.04 Å². The molecular weight excluding hydrogens is 390 g/mol. The lowest BCUT2D eigenvalue weighted by molar-refractivity contribution is -0.123. The minimum absolute atomic E-state index is 0.0392. The number of carbonyl (C=O) groups is 1. The fraction of sp³-hybridized carbons (Fsp3) is 0.731. The summed E-state index contributed by atoms with van der Waals surface area (Å²) in [4.78, 5) is 12.0. The van der Waals surface area contributed by atoms with E-state index in [9.17, 15) is 15.0 Å². The molecule has 3 N–H and O–H groups in total. The zero-order valence-electron chi connectivity index (χ0n) is 18.9. The molecule has 3 aliphatic rings. The molecule has 5 nitrogen and oxygen atoms in total. The van der Waals surface area contributed by atoms with E-state index in [1.807, 2.05) is 12.1 Å². The minimum Gasteiger partial charge on any atom is -0.483 e. The Morgan fingerprint density at radius 1 is 1.23 bits per heavy atom. The highest BCUT2D eigenvalue weighted by molar-refractivity contribution is 5.78. The molecule has 0 radical (unpaired) electrons. The van der Waals surface area contributed by atoms with Crippen molar-refractivity contribution in [1.29, 1.82) is 0 Å². The molecule has 5 atom stereocenters. The molecule has 3 aliphatic carbocycles. The van der Waals surface area contributed by atoms with Crippen molar-refractivity contribution in [3.8, 4) is 5.75 Å². The summed E-state index contributed by atoms with van der Waals surface area (Å²) in [6, 6.07) is 6.51. The third-order valence-corrected chi connectivity index (χ3v) is 7.62. The Bertz CT molecular complexity index is 747. The first kappa shape index (κ1) is 22.6. The first-order valence-electron chi connectivity index (χ1n) is 12.4. The molecule has 5 heteroatoms. The number of carbonyl (C=O) groups excluding carboxylic acids is 1.